The molecule has 1 aliphatic heterocycles. The van der Waals surface area contributed by atoms with Crippen LogP contribution in [-0.2, 0) is 18.2 Å². The lowest BCUT2D eigenvalue weighted by atomic mass is 9.73. The average molecular weight is 495 g/mol. The fourth-order valence-corrected chi connectivity index (χ4v) is 7.58. The summed E-state index contributed by atoms with van der Waals surface area (Å²) in [4.78, 5) is 0. The van der Waals surface area contributed by atoms with Crippen LogP contribution in [-0.4, -0.2) is 74.6 Å². The summed E-state index contributed by atoms with van der Waals surface area (Å²) >= 11 is 0. The van der Waals surface area contributed by atoms with Gasteiger partial charge in [0.1, 0.15) is 19.0 Å². The van der Waals surface area contributed by atoms with Gasteiger partial charge in [0, 0.05) is 6.66 Å². The smallest absolute Gasteiger partial charge is 0.252 e. The van der Waals surface area contributed by atoms with E-state index in [2.05, 4.69) is 19.9 Å². The molecule has 2 fully saturated rings. The van der Waals surface area contributed by atoms with E-state index < -0.39 is 44.9 Å². The van der Waals surface area contributed by atoms with Gasteiger partial charge in [0.15, 0.2) is 0 Å². The van der Waals surface area contributed by atoms with E-state index in [1.165, 1.54) is 17.3 Å². The SMILES string of the molecule is CC(C)C1=CC2(CCC(OP(=O)(CO)CO)CC2)N(O)C12CCC(OP(C)(=O)CO)CC2. The minimum atomic E-state index is -3.43. The van der Waals surface area contributed by atoms with Gasteiger partial charge in [-0.2, -0.15) is 5.06 Å². The molecule has 1 atom stereocenters. The number of rotatable bonds is 8. The Labute approximate surface area is 190 Å². The van der Waals surface area contributed by atoms with Crippen molar-refractivity contribution in [3.63, 3.8) is 0 Å². The number of hydroxylamine groups is 2. The number of nitrogens with zero attached hydrogens (tertiary/aromatic N) is 1. The maximum absolute atomic E-state index is 12.3. The Morgan fingerprint density at radius 1 is 0.969 bits per heavy atom. The van der Waals surface area contributed by atoms with Crippen molar-refractivity contribution in [1.82, 2.24) is 5.06 Å². The summed E-state index contributed by atoms with van der Waals surface area (Å²) in [5.41, 5.74) is 0.182. The van der Waals surface area contributed by atoms with Gasteiger partial charge in [0.2, 0.25) is 7.37 Å². The van der Waals surface area contributed by atoms with Gasteiger partial charge in [0.05, 0.1) is 23.3 Å². The van der Waals surface area contributed by atoms with Crippen LogP contribution >= 0.6 is 14.7 Å². The first-order valence-corrected chi connectivity index (χ1v) is 15.8. The topological polar surface area (TPSA) is 137 Å². The molecule has 0 aromatic heterocycles. The number of hydrogen-bond donors (Lipinski definition) is 4. The molecule has 2 saturated carbocycles. The summed E-state index contributed by atoms with van der Waals surface area (Å²) in [6.07, 6.45) is 4.90. The molecule has 186 valence electrons. The summed E-state index contributed by atoms with van der Waals surface area (Å²) in [5.74, 6) is 0.245. The number of aliphatic hydroxyl groups is 3. The van der Waals surface area contributed by atoms with Crippen molar-refractivity contribution in [3.8, 4) is 0 Å². The standard InChI is InChI=1S/C21H39NO8P2/c1-16(2)19-12-20(8-4-18(5-9-20)30-32(28,14-24)15-25)22(26)21(19)10-6-17(7-11-21)29-31(3,27)13-23/h12,16-18,23-26H,4-11,13-15H2,1-3H3. The van der Waals surface area contributed by atoms with E-state index in [1.54, 1.807) is 0 Å². The fraction of sp³-hybridized carbons (Fsp3) is 0.905. The molecule has 2 aliphatic carbocycles. The van der Waals surface area contributed by atoms with Crippen LogP contribution in [0.2, 0.25) is 0 Å². The van der Waals surface area contributed by atoms with Crippen molar-refractivity contribution in [1.29, 1.82) is 0 Å². The Kier molecular flexibility index (Phi) is 8.19. The lowest BCUT2D eigenvalue weighted by molar-refractivity contribution is -0.226. The van der Waals surface area contributed by atoms with Crippen molar-refractivity contribution in [2.45, 2.75) is 88.5 Å². The molecule has 0 aromatic carbocycles. The zero-order valence-corrected chi connectivity index (χ0v) is 21.1. The van der Waals surface area contributed by atoms with Crippen LogP contribution in [0.1, 0.15) is 65.2 Å². The van der Waals surface area contributed by atoms with Crippen molar-refractivity contribution in [3.05, 3.63) is 11.6 Å². The summed E-state index contributed by atoms with van der Waals surface area (Å²) in [6, 6.07) is 0. The van der Waals surface area contributed by atoms with E-state index in [1.807, 2.05) is 0 Å². The summed E-state index contributed by atoms with van der Waals surface area (Å²) in [6.45, 7) is 5.71. The van der Waals surface area contributed by atoms with Crippen LogP contribution in [0.4, 0.5) is 0 Å². The van der Waals surface area contributed by atoms with Crippen molar-refractivity contribution < 1.29 is 38.7 Å². The average Bonchev–Trinajstić information content (AvgIpc) is 3.00. The second kappa shape index (κ2) is 9.88. The fourth-order valence-electron chi connectivity index (χ4n) is 5.70. The van der Waals surface area contributed by atoms with Crippen LogP contribution in [0.25, 0.3) is 0 Å². The van der Waals surface area contributed by atoms with E-state index in [0.29, 0.717) is 51.4 Å². The highest BCUT2D eigenvalue weighted by Crippen LogP contribution is 2.57. The highest BCUT2D eigenvalue weighted by Gasteiger charge is 2.57. The number of hydrogen-bond acceptors (Lipinski definition) is 9. The first-order chi connectivity index (χ1) is 14.9. The molecular formula is C21H39NO8P2. The van der Waals surface area contributed by atoms with E-state index in [9.17, 15) is 29.7 Å². The molecule has 2 spiro atoms. The van der Waals surface area contributed by atoms with Crippen molar-refractivity contribution >= 4 is 14.7 Å². The molecule has 0 radical (unpaired) electrons. The minimum absolute atomic E-state index is 0.197. The molecular weight excluding hydrogens is 456 g/mol. The first-order valence-electron chi connectivity index (χ1n) is 11.5. The highest BCUT2D eigenvalue weighted by molar-refractivity contribution is 7.58. The largest absolute Gasteiger partial charge is 0.386 e. The van der Waals surface area contributed by atoms with E-state index >= 15 is 0 Å². The van der Waals surface area contributed by atoms with Gasteiger partial charge >= 0.3 is 0 Å². The Morgan fingerprint density at radius 3 is 1.94 bits per heavy atom. The Balaban J connectivity index is 1.73. The molecule has 0 saturated heterocycles. The van der Waals surface area contributed by atoms with Gasteiger partial charge in [-0.15, -0.1) is 0 Å². The lowest BCUT2D eigenvalue weighted by Crippen LogP contribution is -2.57. The molecule has 1 unspecified atom stereocenters. The highest BCUT2D eigenvalue weighted by atomic mass is 31.2. The molecule has 3 aliphatic rings. The molecule has 32 heavy (non-hydrogen) atoms. The van der Waals surface area contributed by atoms with Crippen LogP contribution in [0.15, 0.2) is 11.6 Å². The Morgan fingerprint density at radius 2 is 1.47 bits per heavy atom. The summed E-state index contributed by atoms with van der Waals surface area (Å²) in [7, 11) is -6.44. The zero-order chi connectivity index (χ0) is 23.8. The maximum Gasteiger partial charge on any atom is 0.252 e. The second-order valence-electron chi connectivity index (χ2n) is 10.1. The normalized spacial score (nSPS) is 36.1. The van der Waals surface area contributed by atoms with Gasteiger partial charge in [-0.25, -0.2) is 0 Å². The second-order valence-corrected chi connectivity index (χ2v) is 15.0. The van der Waals surface area contributed by atoms with Gasteiger partial charge in [-0.1, -0.05) is 19.9 Å². The predicted octanol–water partition coefficient (Wildman–Crippen LogP) is 3.71. The van der Waals surface area contributed by atoms with Gasteiger partial charge < -0.3 is 29.6 Å². The molecule has 1 heterocycles. The minimum Gasteiger partial charge on any atom is -0.386 e. The number of aliphatic hydroxyl groups excluding tert-OH is 3. The lowest BCUT2D eigenvalue weighted by Gasteiger charge is -2.50. The molecule has 11 heteroatoms. The van der Waals surface area contributed by atoms with E-state index in [4.69, 9.17) is 9.05 Å². The summed E-state index contributed by atoms with van der Waals surface area (Å²) in [5, 5.41) is 40.9. The monoisotopic (exact) mass is 495 g/mol. The van der Waals surface area contributed by atoms with Crippen LogP contribution in [0.5, 0.6) is 0 Å². The molecule has 0 amide bonds. The Bertz CT molecular complexity index is 777. The van der Waals surface area contributed by atoms with Gasteiger partial charge in [-0.3, -0.25) is 9.13 Å². The molecule has 4 N–H and O–H groups in total. The van der Waals surface area contributed by atoms with Crippen LogP contribution in [0, 0.1) is 5.92 Å². The quantitative estimate of drug-likeness (QED) is 0.293. The first kappa shape index (κ1) is 26.5. The third-order valence-electron chi connectivity index (χ3n) is 7.37. The third kappa shape index (κ3) is 5.12. The van der Waals surface area contributed by atoms with Crippen LogP contribution < -0.4 is 0 Å². The van der Waals surface area contributed by atoms with Crippen molar-refractivity contribution in [2.75, 3.05) is 25.7 Å². The molecule has 0 aromatic rings. The third-order valence-corrected chi connectivity index (χ3v) is 10.2. The van der Waals surface area contributed by atoms with E-state index in [-0.39, 0.29) is 18.1 Å². The van der Waals surface area contributed by atoms with Gasteiger partial charge in [0.25, 0.3) is 7.37 Å². The maximum atomic E-state index is 12.3. The van der Waals surface area contributed by atoms with Gasteiger partial charge in [-0.05, 0) is 62.9 Å². The van der Waals surface area contributed by atoms with E-state index in [0.717, 1.165) is 0 Å². The molecule has 0 bridgehead atoms. The Hall–Kier alpha value is -0.0800. The summed E-state index contributed by atoms with van der Waals surface area (Å²) < 4.78 is 35.8. The zero-order valence-electron chi connectivity index (χ0n) is 19.4. The molecule has 9 nitrogen and oxygen atoms in total. The molecule has 3 rings (SSSR count). The predicted molar refractivity (Wildman–Crippen MR) is 121 cm³/mol. The van der Waals surface area contributed by atoms with Crippen molar-refractivity contribution in [2.24, 2.45) is 5.92 Å². The van der Waals surface area contributed by atoms with Crippen LogP contribution in [0.3, 0.4) is 0 Å².